The van der Waals surface area contributed by atoms with Gasteiger partial charge in [-0.25, -0.2) is 13.4 Å². The summed E-state index contributed by atoms with van der Waals surface area (Å²) in [4.78, 5) is 4.24. The van der Waals surface area contributed by atoms with Crippen LogP contribution in [0.3, 0.4) is 0 Å². The van der Waals surface area contributed by atoms with Gasteiger partial charge in [-0.05, 0) is 31.0 Å². The Kier molecular flexibility index (Phi) is 2.08. The van der Waals surface area contributed by atoms with Gasteiger partial charge in [0.2, 0.25) is 0 Å². The molecule has 0 aliphatic heterocycles. The summed E-state index contributed by atoms with van der Waals surface area (Å²) in [7, 11) is -3.60. The lowest BCUT2D eigenvalue weighted by Gasteiger charge is -2.07. The summed E-state index contributed by atoms with van der Waals surface area (Å²) >= 11 is 0. The van der Waals surface area contributed by atoms with Gasteiger partial charge in [-0.2, -0.15) is 5.26 Å². The van der Waals surface area contributed by atoms with E-state index in [2.05, 4.69) is 4.98 Å². The van der Waals surface area contributed by atoms with Gasteiger partial charge in [-0.3, -0.25) is 0 Å². The predicted molar refractivity (Wildman–Crippen MR) is 63.5 cm³/mol. The Morgan fingerprint density at radius 3 is 2.78 bits per heavy atom. The largest absolute Gasteiger partial charge is 0.441 e. The molecule has 1 aromatic carbocycles. The van der Waals surface area contributed by atoms with E-state index in [0.717, 1.165) is 0 Å². The van der Waals surface area contributed by atoms with E-state index < -0.39 is 14.6 Å². The fourth-order valence-corrected chi connectivity index (χ4v) is 3.69. The van der Waals surface area contributed by atoms with E-state index in [-0.39, 0.29) is 4.90 Å². The Hall–Kier alpha value is -1.87. The Morgan fingerprint density at radius 2 is 2.17 bits per heavy atom. The molecule has 92 valence electrons. The number of oxazole rings is 1. The third kappa shape index (κ3) is 1.37. The Labute approximate surface area is 104 Å². The molecule has 3 rings (SSSR count). The summed E-state index contributed by atoms with van der Waals surface area (Å²) in [6, 6.07) is 6.43. The molecule has 18 heavy (non-hydrogen) atoms. The first-order chi connectivity index (χ1) is 8.48. The zero-order chi connectivity index (χ0) is 13.0. The quantitative estimate of drug-likeness (QED) is 0.826. The van der Waals surface area contributed by atoms with Crippen molar-refractivity contribution in [3.8, 4) is 6.07 Å². The van der Waals surface area contributed by atoms with Crippen molar-refractivity contribution >= 4 is 20.9 Å². The molecule has 1 fully saturated rings. The number of aryl methyl sites for hydroxylation is 1. The average Bonchev–Trinajstić information content (AvgIpc) is 3.05. The minimum atomic E-state index is -3.60. The molecule has 6 heteroatoms. The fraction of sp³-hybridized carbons (Fsp3) is 0.333. The maximum atomic E-state index is 12.3. The lowest BCUT2D eigenvalue weighted by molar-refractivity contribution is 0.561. The van der Waals surface area contributed by atoms with E-state index in [0.29, 0.717) is 29.8 Å². The maximum absolute atomic E-state index is 12.3. The number of hydrogen-bond donors (Lipinski definition) is 0. The number of aromatic nitrogens is 1. The van der Waals surface area contributed by atoms with Crippen molar-refractivity contribution in [1.82, 2.24) is 4.98 Å². The molecule has 5 nitrogen and oxygen atoms in total. The second-order valence-electron chi connectivity index (χ2n) is 4.47. The molecule has 0 unspecified atom stereocenters. The zero-order valence-electron chi connectivity index (χ0n) is 9.67. The van der Waals surface area contributed by atoms with Gasteiger partial charge < -0.3 is 4.42 Å². The summed E-state index contributed by atoms with van der Waals surface area (Å²) in [5, 5.41) is 9.01. The van der Waals surface area contributed by atoms with Gasteiger partial charge in [0.1, 0.15) is 5.52 Å². The second-order valence-corrected chi connectivity index (χ2v) is 6.73. The van der Waals surface area contributed by atoms with Crippen molar-refractivity contribution < 1.29 is 12.8 Å². The lowest BCUT2D eigenvalue weighted by Crippen LogP contribution is -2.21. The summed E-state index contributed by atoms with van der Waals surface area (Å²) < 4.78 is 28.7. The monoisotopic (exact) mass is 262 g/mol. The number of hydrogen-bond acceptors (Lipinski definition) is 5. The second kappa shape index (κ2) is 3.33. The number of fused-ring (bicyclic) bond motifs is 1. The fourth-order valence-electron chi connectivity index (χ4n) is 1.97. The lowest BCUT2D eigenvalue weighted by atomic mass is 10.3. The van der Waals surface area contributed by atoms with Crippen LogP contribution in [0.4, 0.5) is 0 Å². The SMILES string of the molecule is Cc1nc2cc(S(=O)(=O)C3(C#N)CC3)ccc2o1. The van der Waals surface area contributed by atoms with Crippen molar-refractivity contribution in [3.63, 3.8) is 0 Å². The summed E-state index contributed by atoms with van der Waals surface area (Å²) in [6.45, 7) is 1.70. The topological polar surface area (TPSA) is 84.0 Å². The van der Waals surface area contributed by atoms with Crippen LogP contribution in [-0.4, -0.2) is 18.1 Å². The van der Waals surface area contributed by atoms with E-state index >= 15 is 0 Å². The van der Waals surface area contributed by atoms with E-state index in [1.165, 1.54) is 12.1 Å². The van der Waals surface area contributed by atoms with Crippen molar-refractivity contribution in [2.75, 3.05) is 0 Å². The minimum Gasteiger partial charge on any atom is -0.441 e. The molecular weight excluding hydrogens is 252 g/mol. The number of nitriles is 1. The molecule has 1 aliphatic rings. The van der Waals surface area contributed by atoms with Crippen molar-refractivity contribution in [3.05, 3.63) is 24.1 Å². The molecule has 0 atom stereocenters. The van der Waals surface area contributed by atoms with Gasteiger partial charge in [-0.15, -0.1) is 0 Å². The molecule has 2 aromatic rings. The summed E-state index contributed by atoms with van der Waals surface area (Å²) in [5.74, 6) is 0.487. The molecule has 1 aliphatic carbocycles. The highest BCUT2D eigenvalue weighted by Gasteiger charge is 2.56. The van der Waals surface area contributed by atoms with Crippen LogP contribution in [0.25, 0.3) is 11.1 Å². The Bertz CT molecular complexity index is 779. The normalized spacial score (nSPS) is 17.6. The highest BCUT2D eigenvalue weighted by Crippen LogP contribution is 2.46. The van der Waals surface area contributed by atoms with Crippen LogP contribution in [0.2, 0.25) is 0 Å². The molecule has 0 spiro atoms. The number of sulfone groups is 1. The van der Waals surface area contributed by atoms with Gasteiger partial charge in [0.15, 0.2) is 26.1 Å². The molecule has 0 bridgehead atoms. The third-order valence-corrected chi connectivity index (χ3v) is 5.60. The first-order valence-electron chi connectivity index (χ1n) is 5.52. The molecule has 1 heterocycles. The number of rotatable bonds is 2. The predicted octanol–water partition coefficient (Wildman–Crippen LogP) is 1.97. The highest BCUT2D eigenvalue weighted by atomic mass is 32.2. The molecule has 0 saturated heterocycles. The van der Waals surface area contributed by atoms with Crippen LogP contribution in [0, 0.1) is 18.3 Å². The minimum absolute atomic E-state index is 0.141. The van der Waals surface area contributed by atoms with Crippen LogP contribution in [0.5, 0.6) is 0 Å². The summed E-state index contributed by atoms with van der Waals surface area (Å²) in [6.07, 6.45) is 0.809. The molecule has 1 aromatic heterocycles. The molecular formula is C12H10N2O3S. The van der Waals surface area contributed by atoms with E-state index in [1.54, 1.807) is 13.0 Å². The van der Waals surface area contributed by atoms with Gasteiger partial charge in [0.05, 0.1) is 11.0 Å². The smallest absolute Gasteiger partial charge is 0.197 e. The van der Waals surface area contributed by atoms with Gasteiger partial charge >= 0.3 is 0 Å². The van der Waals surface area contributed by atoms with Crippen molar-refractivity contribution in [2.45, 2.75) is 29.4 Å². The third-order valence-electron chi connectivity index (χ3n) is 3.20. The standard InChI is InChI=1S/C12H10N2O3S/c1-8-14-10-6-9(2-3-11(10)17-8)18(15,16)12(7-13)4-5-12/h2-3,6H,4-5H2,1H3. The van der Waals surface area contributed by atoms with Crippen LogP contribution in [0.1, 0.15) is 18.7 Å². The molecule has 0 amide bonds. The van der Waals surface area contributed by atoms with Crippen molar-refractivity contribution in [1.29, 1.82) is 5.26 Å². The number of benzene rings is 1. The van der Waals surface area contributed by atoms with E-state index in [9.17, 15) is 8.42 Å². The molecule has 0 N–H and O–H groups in total. The van der Waals surface area contributed by atoms with Gasteiger partial charge in [0.25, 0.3) is 0 Å². The zero-order valence-corrected chi connectivity index (χ0v) is 10.5. The molecule has 1 saturated carbocycles. The first kappa shape index (κ1) is 11.2. The van der Waals surface area contributed by atoms with Crippen molar-refractivity contribution in [2.24, 2.45) is 0 Å². The van der Waals surface area contributed by atoms with Crippen LogP contribution >= 0.6 is 0 Å². The summed E-state index contributed by atoms with van der Waals surface area (Å²) in [5.41, 5.74) is 1.05. The molecule has 0 radical (unpaired) electrons. The highest BCUT2D eigenvalue weighted by molar-refractivity contribution is 7.93. The number of nitrogens with zero attached hydrogens (tertiary/aromatic N) is 2. The van der Waals surface area contributed by atoms with E-state index in [1.807, 2.05) is 6.07 Å². The van der Waals surface area contributed by atoms with Gasteiger partial charge in [0, 0.05) is 6.92 Å². The Morgan fingerprint density at radius 1 is 1.44 bits per heavy atom. The maximum Gasteiger partial charge on any atom is 0.197 e. The van der Waals surface area contributed by atoms with Crippen LogP contribution < -0.4 is 0 Å². The van der Waals surface area contributed by atoms with E-state index in [4.69, 9.17) is 9.68 Å². The van der Waals surface area contributed by atoms with Crippen LogP contribution in [0.15, 0.2) is 27.5 Å². The first-order valence-corrected chi connectivity index (χ1v) is 7.00. The average molecular weight is 262 g/mol. The Balaban J connectivity index is 2.18. The van der Waals surface area contributed by atoms with Crippen LogP contribution in [-0.2, 0) is 9.84 Å². The van der Waals surface area contributed by atoms with Gasteiger partial charge in [-0.1, -0.05) is 0 Å².